The number of halogens is 4. The van der Waals surface area contributed by atoms with Crippen LogP contribution in [0, 0.1) is 11.7 Å². The van der Waals surface area contributed by atoms with Crippen LogP contribution in [0.5, 0.6) is 0 Å². The molecule has 0 spiro atoms. The molecule has 0 bridgehead atoms. The van der Waals surface area contributed by atoms with Crippen LogP contribution in [-0.2, 0) is 6.18 Å². The monoisotopic (exact) mass is 301 g/mol. The first-order valence-electron chi connectivity index (χ1n) is 7.04. The first kappa shape index (κ1) is 14.4. The van der Waals surface area contributed by atoms with Gasteiger partial charge < -0.3 is 4.90 Å². The molecular weight excluding hydrogens is 286 g/mol. The van der Waals surface area contributed by atoms with Crippen molar-refractivity contribution in [2.45, 2.75) is 37.9 Å². The Labute approximate surface area is 119 Å². The fourth-order valence-electron chi connectivity index (χ4n) is 2.38. The molecule has 2 fully saturated rings. The fraction of sp³-hybridized carbons (Fsp3) is 0.533. The summed E-state index contributed by atoms with van der Waals surface area (Å²) < 4.78 is 51.9. The molecule has 0 aromatic heterocycles. The standard InChI is InChI=1S/C15H15F4NO/c16-13-6-3-10(15(17,18)19)7-12(13)14(21)20(11-4-5-11)8-9-1-2-9/h3,6-7,9,11H,1-2,4-5,8H2. The molecular formula is C15H15F4NO. The molecule has 114 valence electrons. The van der Waals surface area contributed by atoms with Crippen LogP contribution in [-0.4, -0.2) is 23.4 Å². The molecule has 2 aliphatic rings. The molecule has 0 aliphatic heterocycles. The van der Waals surface area contributed by atoms with E-state index in [1.54, 1.807) is 4.90 Å². The van der Waals surface area contributed by atoms with Gasteiger partial charge in [-0.05, 0) is 49.8 Å². The molecule has 1 aromatic rings. The normalized spacial score (nSPS) is 18.7. The van der Waals surface area contributed by atoms with Crippen molar-refractivity contribution in [3.63, 3.8) is 0 Å². The van der Waals surface area contributed by atoms with Crippen molar-refractivity contribution < 1.29 is 22.4 Å². The Bertz CT molecular complexity index is 561. The Morgan fingerprint density at radius 2 is 1.86 bits per heavy atom. The van der Waals surface area contributed by atoms with Crippen LogP contribution in [0.4, 0.5) is 17.6 Å². The van der Waals surface area contributed by atoms with Crippen LogP contribution >= 0.6 is 0 Å². The van der Waals surface area contributed by atoms with E-state index in [2.05, 4.69) is 0 Å². The van der Waals surface area contributed by atoms with E-state index in [4.69, 9.17) is 0 Å². The second-order valence-electron chi connectivity index (χ2n) is 5.82. The van der Waals surface area contributed by atoms with Crippen LogP contribution in [0.25, 0.3) is 0 Å². The number of carbonyl (C=O) groups is 1. The van der Waals surface area contributed by atoms with Crippen molar-refractivity contribution in [2.24, 2.45) is 5.92 Å². The topological polar surface area (TPSA) is 20.3 Å². The van der Waals surface area contributed by atoms with E-state index < -0.39 is 29.0 Å². The van der Waals surface area contributed by atoms with Gasteiger partial charge in [-0.1, -0.05) is 0 Å². The van der Waals surface area contributed by atoms with Gasteiger partial charge in [0.25, 0.3) is 5.91 Å². The summed E-state index contributed by atoms with van der Waals surface area (Å²) in [4.78, 5) is 14.0. The minimum atomic E-state index is -4.58. The van der Waals surface area contributed by atoms with E-state index in [1.165, 1.54) is 0 Å². The van der Waals surface area contributed by atoms with E-state index in [-0.39, 0.29) is 6.04 Å². The summed E-state index contributed by atoms with van der Waals surface area (Å²) in [6.07, 6.45) is -0.829. The number of rotatable bonds is 4. The molecule has 0 N–H and O–H groups in total. The predicted molar refractivity (Wildman–Crippen MR) is 68.2 cm³/mol. The summed E-state index contributed by atoms with van der Waals surface area (Å²) in [7, 11) is 0. The molecule has 0 atom stereocenters. The number of amides is 1. The first-order valence-corrected chi connectivity index (χ1v) is 7.04. The molecule has 0 radical (unpaired) electrons. The number of carbonyl (C=O) groups excluding carboxylic acids is 1. The molecule has 2 saturated carbocycles. The molecule has 0 saturated heterocycles. The van der Waals surface area contributed by atoms with Gasteiger partial charge in [-0.2, -0.15) is 13.2 Å². The zero-order valence-corrected chi connectivity index (χ0v) is 11.3. The summed E-state index contributed by atoms with van der Waals surface area (Å²) in [5.41, 5.74) is -1.47. The van der Waals surface area contributed by atoms with Gasteiger partial charge in [0.2, 0.25) is 0 Å². The Kier molecular flexibility index (Phi) is 3.42. The van der Waals surface area contributed by atoms with Gasteiger partial charge >= 0.3 is 6.18 Å². The molecule has 0 heterocycles. The maximum Gasteiger partial charge on any atom is 0.416 e. The Morgan fingerprint density at radius 3 is 2.38 bits per heavy atom. The van der Waals surface area contributed by atoms with E-state index in [0.29, 0.717) is 24.6 Å². The van der Waals surface area contributed by atoms with Gasteiger partial charge in [0.15, 0.2) is 0 Å². The average Bonchev–Trinajstić information content (AvgIpc) is 3.26. The predicted octanol–water partition coefficient (Wildman–Crippen LogP) is 3.86. The van der Waals surface area contributed by atoms with Gasteiger partial charge in [-0.3, -0.25) is 4.79 Å². The first-order chi connectivity index (χ1) is 9.86. The van der Waals surface area contributed by atoms with Crippen LogP contribution < -0.4 is 0 Å². The van der Waals surface area contributed by atoms with E-state index in [1.807, 2.05) is 0 Å². The quantitative estimate of drug-likeness (QED) is 0.773. The maximum absolute atomic E-state index is 13.8. The molecule has 0 unspecified atom stereocenters. The third-order valence-corrected chi connectivity index (χ3v) is 3.92. The molecule has 21 heavy (non-hydrogen) atoms. The van der Waals surface area contributed by atoms with Crippen molar-refractivity contribution in [1.82, 2.24) is 4.90 Å². The van der Waals surface area contributed by atoms with Crippen molar-refractivity contribution in [1.29, 1.82) is 0 Å². The highest BCUT2D eigenvalue weighted by atomic mass is 19.4. The molecule has 3 rings (SSSR count). The highest BCUT2D eigenvalue weighted by Gasteiger charge is 2.38. The van der Waals surface area contributed by atoms with Crippen molar-refractivity contribution in [2.75, 3.05) is 6.54 Å². The fourth-order valence-corrected chi connectivity index (χ4v) is 2.38. The zero-order chi connectivity index (χ0) is 15.2. The Morgan fingerprint density at radius 1 is 1.19 bits per heavy atom. The summed E-state index contributed by atoms with van der Waals surface area (Å²) in [6, 6.07) is 2.07. The third kappa shape index (κ3) is 3.19. The lowest BCUT2D eigenvalue weighted by Crippen LogP contribution is -2.35. The van der Waals surface area contributed by atoms with Crippen LogP contribution in [0.2, 0.25) is 0 Å². The number of nitrogens with zero attached hydrogens (tertiary/aromatic N) is 1. The maximum atomic E-state index is 13.8. The lowest BCUT2D eigenvalue weighted by atomic mass is 10.1. The highest BCUT2D eigenvalue weighted by molar-refractivity contribution is 5.95. The van der Waals surface area contributed by atoms with Crippen LogP contribution in [0.15, 0.2) is 18.2 Å². The summed E-state index contributed by atoms with van der Waals surface area (Å²) in [6.45, 7) is 0.527. The smallest absolute Gasteiger partial charge is 0.335 e. The number of alkyl halides is 3. The molecule has 1 amide bonds. The average molecular weight is 301 g/mol. The van der Waals surface area contributed by atoms with Gasteiger partial charge in [0.05, 0.1) is 11.1 Å². The van der Waals surface area contributed by atoms with Gasteiger partial charge in [0.1, 0.15) is 5.82 Å². The lowest BCUT2D eigenvalue weighted by Gasteiger charge is -2.23. The van der Waals surface area contributed by atoms with Crippen LogP contribution in [0.3, 0.4) is 0 Å². The molecule has 2 nitrogen and oxygen atoms in total. The largest absolute Gasteiger partial charge is 0.416 e. The summed E-state index contributed by atoms with van der Waals surface area (Å²) in [5.74, 6) is -1.09. The van der Waals surface area contributed by atoms with E-state index in [9.17, 15) is 22.4 Å². The lowest BCUT2D eigenvalue weighted by molar-refractivity contribution is -0.137. The van der Waals surface area contributed by atoms with Crippen molar-refractivity contribution >= 4 is 5.91 Å². The van der Waals surface area contributed by atoms with Gasteiger partial charge in [-0.15, -0.1) is 0 Å². The number of hydrogen-bond donors (Lipinski definition) is 0. The van der Waals surface area contributed by atoms with Crippen molar-refractivity contribution in [3.8, 4) is 0 Å². The Balaban J connectivity index is 1.88. The molecule has 1 aromatic carbocycles. The van der Waals surface area contributed by atoms with E-state index in [0.717, 1.165) is 31.7 Å². The third-order valence-electron chi connectivity index (χ3n) is 3.92. The molecule has 2 aliphatic carbocycles. The minimum Gasteiger partial charge on any atom is -0.335 e. The SMILES string of the molecule is O=C(c1cc(C(F)(F)F)ccc1F)N(CC1CC1)C1CC1. The van der Waals surface area contributed by atoms with E-state index >= 15 is 0 Å². The number of benzene rings is 1. The zero-order valence-electron chi connectivity index (χ0n) is 11.3. The van der Waals surface area contributed by atoms with Crippen LogP contribution in [0.1, 0.15) is 41.6 Å². The second-order valence-corrected chi connectivity index (χ2v) is 5.82. The number of hydrogen-bond acceptors (Lipinski definition) is 1. The molecule has 6 heteroatoms. The summed E-state index contributed by atoms with van der Waals surface area (Å²) >= 11 is 0. The minimum absolute atomic E-state index is 0.0621. The van der Waals surface area contributed by atoms with Gasteiger partial charge in [-0.25, -0.2) is 4.39 Å². The second kappa shape index (κ2) is 5.00. The van der Waals surface area contributed by atoms with Gasteiger partial charge in [0, 0.05) is 12.6 Å². The summed E-state index contributed by atoms with van der Waals surface area (Å²) in [5, 5.41) is 0. The van der Waals surface area contributed by atoms with Crippen molar-refractivity contribution in [3.05, 3.63) is 35.1 Å². The highest BCUT2D eigenvalue weighted by Crippen LogP contribution is 2.36. The Hall–Kier alpha value is -1.59.